The van der Waals surface area contributed by atoms with Crippen molar-refractivity contribution < 1.29 is 14.6 Å². The van der Waals surface area contributed by atoms with Crippen molar-refractivity contribution in [3.05, 3.63) is 46.7 Å². The summed E-state index contributed by atoms with van der Waals surface area (Å²) in [4.78, 5) is 11.6. The number of carbonyl (C=O) groups excluding carboxylic acids is 1. The number of benzene rings is 1. The minimum atomic E-state index is -0.429. The highest BCUT2D eigenvalue weighted by atomic mass is 35.5. The van der Waals surface area contributed by atoms with Crippen LogP contribution in [0.15, 0.2) is 30.6 Å². The van der Waals surface area contributed by atoms with Gasteiger partial charge in [-0.15, -0.1) is 0 Å². The second-order valence-corrected chi connectivity index (χ2v) is 4.20. The first-order chi connectivity index (χ1) is 9.17. The van der Waals surface area contributed by atoms with Crippen molar-refractivity contribution in [2.75, 3.05) is 6.61 Å². The van der Waals surface area contributed by atoms with Crippen molar-refractivity contribution in [1.82, 2.24) is 9.78 Å². The van der Waals surface area contributed by atoms with Crippen LogP contribution in [0.2, 0.25) is 5.02 Å². The average Bonchev–Trinajstić information content (AvgIpc) is 2.88. The molecular formula is C13H13ClN2O3. The van der Waals surface area contributed by atoms with Crippen molar-refractivity contribution in [2.45, 2.75) is 13.5 Å². The second kappa shape index (κ2) is 5.86. The van der Waals surface area contributed by atoms with Crippen LogP contribution >= 0.6 is 11.6 Å². The standard InChI is InChI=1S/C13H13ClN2O3/c1-2-19-13(18)9-6-15-16(7-9)12-5-3-4-11(14)10(12)8-17/h3-7,17H,2,8H2,1H3. The zero-order valence-corrected chi connectivity index (χ0v) is 11.1. The SMILES string of the molecule is CCOC(=O)c1cnn(-c2cccc(Cl)c2CO)c1. The number of hydrogen-bond acceptors (Lipinski definition) is 4. The quantitative estimate of drug-likeness (QED) is 0.872. The van der Waals surface area contributed by atoms with Gasteiger partial charge in [0, 0.05) is 16.8 Å². The third kappa shape index (κ3) is 2.77. The normalized spacial score (nSPS) is 10.5. The number of ether oxygens (including phenoxy) is 1. The Kier molecular flexibility index (Phi) is 4.19. The van der Waals surface area contributed by atoms with Crippen molar-refractivity contribution >= 4 is 17.6 Å². The Labute approximate surface area is 115 Å². The fourth-order valence-corrected chi connectivity index (χ4v) is 1.92. The monoisotopic (exact) mass is 280 g/mol. The Hall–Kier alpha value is -1.85. The first kappa shape index (κ1) is 13.6. The molecule has 1 aromatic heterocycles. The molecule has 0 aliphatic carbocycles. The molecule has 0 saturated heterocycles. The van der Waals surface area contributed by atoms with E-state index < -0.39 is 5.97 Å². The summed E-state index contributed by atoms with van der Waals surface area (Å²) in [7, 11) is 0. The molecule has 0 fully saturated rings. The van der Waals surface area contributed by atoms with Gasteiger partial charge in [-0.25, -0.2) is 9.48 Å². The molecule has 0 aliphatic heterocycles. The van der Waals surface area contributed by atoms with Crippen LogP contribution in [0, 0.1) is 0 Å². The zero-order chi connectivity index (χ0) is 13.8. The number of hydrogen-bond donors (Lipinski definition) is 1. The highest BCUT2D eigenvalue weighted by Crippen LogP contribution is 2.23. The summed E-state index contributed by atoms with van der Waals surface area (Å²) in [5.41, 5.74) is 1.54. The summed E-state index contributed by atoms with van der Waals surface area (Å²) in [6.07, 6.45) is 2.96. The summed E-state index contributed by atoms with van der Waals surface area (Å²) in [6, 6.07) is 5.20. The van der Waals surface area contributed by atoms with E-state index in [1.807, 2.05) is 0 Å². The van der Waals surface area contributed by atoms with E-state index in [9.17, 15) is 9.90 Å². The van der Waals surface area contributed by atoms with Gasteiger partial charge in [0.1, 0.15) is 0 Å². The molecule has 1 heterocycles. The summed E-state index contributed by atoms with van der Waals surface area (Å²) >= 11 is 6.01. The molecule has 0 aliphatic rings. The molecule has 5 nitrogen and oxygen atoms in total. The summed E-state index contributed by atoms with van der Waals surface area (Å²) < 4.78 is 6.38. The molecule has 1 N–H and O–H groups in total. The molecule has 0 radical (unpaired) electrons. The molecule has 0 bridgehead atoms. The number of aliphatic hydroxyl groups excluding tert-OH is 1. The van der Waals surface area contributed by atoms with E-state index in [1.165, 1.54) is 10.9 Å². The Morgan fingerprint density at radius 3 is 3.00 bits per heavy atom. The van der Waals surface area contributed by atoms with Crippen molar-refractivity contribution in [1.29, 1.82) is 0 Å². The molecule has 100 valence electrons. The smallest absolute Gasteiger partial charge is 0.341 e. The molecule has 0 amide bonds. The van der Waals surface area contributed by atoms with E-state index in [2.05, 4.69) is 5.10 Å². The summed E-state index contributed by atoms with van der Waals surface area (Å²) in [5.74, 6) is -0.429. The fourth-order valence-electron chi connectivity index (χ4n) is 1.69. The predicted molar refractivity (Wildman–Crippen MR) is 70.5 cm³/mol. The Morgan fingerprint density at radius 1 is 1.53 bits per heavy atom. The van der Waals surface area contributed by atoms with Gasteiger partial charge in [0.25, 0.3) is 0 Å². The van der Waals surface area contributed by atoms with Crippen molar-refractivity contribution in [3.63, 3.8) is 0 Å². The number of rotatable bonds is 4. The van der Waals surface area contributed by atoms with Crippen molar-refractivity contribution in [2.24, 2.45) is 0 Å². The van der Waals surface area contributed by atoms with Gasteiger partial charge in [0.15, 0.2) is 0 Å². The fraction of sp³-hybridized carbons (Fsp3) is 0.231. The molecule has 2 rings (SSSR count). The first-order valence-electron chi connectivity index (χ1n) is 5.77. The zero-order valence-electron chi connectivity index (χ0n) is 10.3. The van der Waals surface area contributed by atoms with Gasteiger partial charge in [0.2, 0.25) is 0 Å². The largest absolute Gasteiger partial charge is 0.462 e. The van der Waals surface area contributed by atoms with Crippen LogP contribution in [0.4, 0.5) is 0 Å². The van der Waals surface area contributed by atoms with Crippen LogP contribution in [-0.4, -0.2) is 27.5 Å². The molecule has 0 atom stereocenters. The maximum absolute atomic E-state index is 11.6. The number of carbonyl (C=O) groups is 1. The van der Waals surface area contributed by atoms with Gasteiger partial charge in [-0.1, -0.05) is 17.7 Å². The summed E-state index contributed by atoms with van der Waals surface area (Å²) in [5, 5.41) is 13.9. The highest BCUT2D eigenvalue weighted by Gasteiger charge is 2.13. The Balaban J connectivity index is 2.38. The summed E-state index contributed by atoms with van der Waals surface area (Å²) in [6.45, 7) is 1.84. The third-order valence-corrected chi connectivity index (χ3v) is 2.95. The van der Waals surface area contributed by atoms with Crippen LogP contribution in [0.25, 0.3) is 5.69 Å². The van der Waals surface area contributed by atoms with E-state index in [0.29, 0.717) is 28.4 Å². The third-order valence-electron chi connectivity index (χ3n) is 2.59. The molecule has 2 aromatic rings. The molecule has 19 heavy (non-hydrogen) atoms. The maximum Gasteiger partial charge on any atom is 0.341 e. The van der Waals surface area contributed by atoms with Crippen LogP contribution in [-0.2, 0) is 11.3 Å². The van der Waals surface area contributed by atoms with Gasteiger partial charge in [-0.2, -0.15) is 5.10 Å². The van der Waals surface area contributed by atoms with Crippen LogP contribution in [0.5, 0.6) is 0 Å². The topological polar surface area (TPSA) is 64.3 Å². The van der Waals surface area contributed by atoms with E-state index in [0.717, 1.165) is 0 Å². The van der Waals surface area contributed by atoms with E-state index >= 15 is 0 Å². The van der Waals surface area contributed by atoms with Gasteiger partial charge in [-0.05, 0) is 19.1 Å². The minimum Gasteiger partial charge on any atom is -0.462 e. The van der Waals surface area contributed by atoms with E-state index in [-0.39, 0.29) is 6.61 Å². The maximum atomic E-state index is 11.6. The van der Waals surface area contributed by atoms with Crippen molar-refractivity contribution in [3.8, 4) is 5.69 Å². The number of halogens is 1. The number of esters is 1. The molecule has 0 saturated carbocycles. The van der Waals surface area contributed by atoms with Gasteiger partial charge < -0.3 is 9.84 Å². The number of aliphatic hydroxyl groups is 1. The lowest BCUT2D eigenvalue weighted by molar-refractivity contribution is 0.0526. The molecule has 0 spiro atoms. The Bertz CT molecular complexity index is 595. The van der Waals surface area contributed by atoms with Crippen LogP contribution < -0.4 is 0 Å². The predicted octanol–water partition coefficient (Wildman–Crippen LogP) is 2.19. The molecule has 1 aromatic carbocycles. The number of nitrogens with zero attached hydrogens (tertiary/aromatic N) is 2. The first-order valence-corrected chi connectivity index (χ1v) is 6.15. The lowest BCUT2D eigenvalue weighted by Gasteiger charge is -2.08. The van der Waals surface area contributed by atoms with E-state index in [1.54, 1.807) is 31.3 Å². The van der Waals surface area contributed by atoms with Crippen LogP contribution in [0.1, 0.15) is 22.8 Å². The van der Waals surface area contributed by atoms with Gasteiger partial charge in [-0.3, -0.25) is 0 Å². The highest BCUT2D eigenvalue weighted by molar-refractivity contribution is 6.31. The van der Waals surface area contributed by atoms with E-state index in [4.69, 9.17) is 16.3 Å². The van der Waals surface area contributed by atoms with Gasteiger partial charge in [0.05, 0.1) is 30.7 Å². The lowest BCUT2D eigenvalue weighted by Crippen LogP contribution is -2.04. The number of aromatic nitrogens is 2. The molecular weight excluding hydrogens is 268 g/mol. The molecule has 0 unspecified atom stereocenters. The average molecular weight is 281 g/mol. The van der Waals surface area contributed by atoms with Gasteiger partial charge >= 0.3 is 5.97 Å². The van der Waals surface area contributed by atoms with Crippen LogP contribution in [0.3, 0.4) is 0 Å². The molecule has 6 heteroatoms. The second-order valence-electron chi connectivity index (χ2n) is 3.79. The Morgan fingerprint density at radius 2 is 2.32 bits per heavy atom. The minimum absolute atomic E-state index is 0.205. The lowest BCUT2D eigenvalue weighted by atomic mass is 10.2.